The number of thiophene rings is 1. The minimum atomic E-state index is 0.208. The second-order valence-electron chi connectivity index (χ2n) is 11.5. The van der Waals surface area contributed by atoms with Crippen molar-refractivity contribution in [3.05, 3.63) is 136 Å². The number of allylic oxidation sites excluding steroid dienone is 1. The molecule has 2 N–H and O–H groups in total. The van der Waals surface area contributed by atoms with Crippen LogP contribution < -0.4 is 10.6 Å². The van der Waals surface area contributed by atoms with E-state index in [1.807, 2.05) is 23.5 Å². The summed E-state index contributed by atoms with van der Waals surface area (Å²) in [5.41, 5.74) is 15.8. The fraction of sp³-hybridized carbons (Fsp3) is 0.135. The Morgan fingerprint density at radius 2 is 1.54 bits per heavy atom. The minimum absolute atomic E-state index is 0.208. The highest BCUT2D eigenvalue weighted by Gasteiger charge is 2.43. The Morgan fingerprint density at radius 3 is 2.41 bits per heavy atom. The predicted molar refractivity (Wildman–Crippen MR) is 172 cm³/mol. The van der Waals surface area contributed by atoms with E-state index < -0.39 is 0 Å². The van der Waals surface area contributed by atoms with Gasteiger partial charge in [-0.15, -0.1) is 11.3 Å². The van der Waals surface area contributed by atoms with Crippen LogP contribution in [0.3, 0.4) is 0 Å². The molecule has 0 bridgehead atoms. The zero-order valence-electron chi connectivity index (χ0n) is 22.6. The molecule has 3 aliphatic rings. The molecule has 4 heteroatoms. The molecular weight excluding hydrogens is 520 g/mol. The number of rotatable bonds is 2. The van der Waals surface area contributed by atoms with Crippen molar-refractivity contribution in [1.29, 1.82) is 0 Å². The van der Waals surface area contributed by atoms with E-state index >= 15 is 0 Å². The van der Waals surface area contributed by atoms with E-state index in [4.69, 9.17) is 10.2 Å². The van der Waals surface area contributed by atoms with Gasteiger partial charge in [-0.25, -0.2) is 0 Å². The maximum atomic E-state index is 6.24. The van der Waals surface area contributed by atoms with Gasteiger partial charge < -0.3 is 15.1 Å². The van der Waals surface area contributed by atoms with E-state index in [0.717, 1.165) is 22.4 Å². The monoisotopic (exact) mass is 548 g/mol. The average molecular weight is 549 g/mol. The molecule has 41 heavy (non-hydrogen) atoms. The second kappa shape index (κ2) is 8.48. The van der Waals surface area contributed by atoms with Gasteiger partial charge in [-0.1, -0.05) is 79.7 Å². The molecule has 2 aliphatic carbocycles. The zero-order valence-corrected chi connectivity index (χ0v) is 23.4. The van der Waals surface area contributed by atoms with E-state index in [1.165, 1.54) is 48.6 Å². The fourth-order valence-corrected chi connectivity index (χ4v) is 8.93. The molecule has 0 saturated heterocycles. The highest BCUT2D eigenvalue weighted by molar-refractivity contribution is 7.19. The summed E-state index contributed by atoms with van der Waals surface area (Å²) in [5, 5.41) is 2.49. The number of nitrogens with zero attached hydrogens (tertiary/aromatic N) is 1. The van der Waals surface area contributed by atoms with E-state index in [0.29, 0.717) is 5.92 Å². The summed E-state index contributed by atoms with van der Waals surface area (Å²) in [6, 6.07) is 33.0. The van der Waals surface area contributed by atoms with Gasteiger partial charge in [0.1, 0.15) is 11.3 Å². The van der Waals surface area contributed by atoms with Crippen molar-refractivity contribution in [2.75, 3.05) is 10.6 Å². The number of fused-ring (bicyclic) bond motifs is 10. The van der Waals surface area contributed by atoms with Crippen LogP contribution in [0.4, 0.5) is 17.1 Å². The number of anilines is 3. The smallest absolute Gasteiger partial charge is 0.135 e. The van der Waals surface area contributed by atoms with Crippen molar-refractivity contribution in [1.82, 2.24) is 0 Å². The van der Waals surface area contributed by atoms with Gasteiger partial charge in [-0.3, -0.25) is 0 Å². The molecule has 0 saturated carbocycles. The van der Waals surface area contributed by atoms with Crippen LogP contribution in [0.1, 0.15) is 57.6 Å². The molecule has 0 amide bonds. The van der Waals surface area contributed by atoms with E-state index in [2.05, 4.69) is 115 Å². The van der Waals surface area contributed by atoms with Crippen LogP contribution in [0.25, 0.3) is 33.2 Å². The van der Waals surface area contributed by atoms with Crippen LogP contribution in [0, 0.1) is 0 Å². The summed E-state index contributed by atoms with van der Waals surface area (Å²) in [7, 11) is 0. The summed E-state index contributed by atoms with van der Waals surface area (Å²) in [6.45, 7) is 2.33. The molecule has 4 unspecified atom stereocenters. The van der Waals surface area contributed by atoms with Gasteiger partial charge in [0.05, 0.1) is 6.04 Å². The number of furan rings is 1. The lowest BCUT2D eigenvalue weighted by atomic mass is 9.77. The van der Waals surface area contributed by atoms with Gasteiger partial charge in [-0.2, -0.15) is 0 Å². The zero-order chi connectivity index (χ0) is 27.2. The number of hydrogen-bond donors (Lipinski definition) is 1. The Morgan fingerprint density at radius 1 is 0.780 bits per heavy atom. The first-order chi connectivity index (χ1) is 20.2. The van der Waals surface area contributed by atoms with Crippen molar-refractivity contribution in [2.24, 2.45) is 0 Å². The SMILES string of the molecule is CC1c2c(oc3ccc(N)cc23)C=CC1c1ccccc1N1c2ccccc2C2c3sc4ccccc4c3C=CC21. The van der Waals surface area contributed by atoms with E-state index in [1.54, 1.807) is 0 Å². The maximum absolute atomic E-state index is 6.24. The van der Waals surface area contributed by atoms with Crippen LogP contribution in [-0.4, -0.2) is 6.04 Å². The molecule has 1 aliphatic heterocycles. The first kappa shape index (κ1) is 23.2. The quantitative estimate of drug-likeness (QED) is 0.219. The highest BCUT2D eigenvalue weighted by atomic mass is 32.1. The molecule has 4 atom stereocenters. The van der Waals surface area contributed by atoms with Gasteiger partial charge in [-0.05, 0) is 70.5 Å². The van der Waals surface area contributed by atoms with Crippen LogP contribution in [0.2, 0.25) is 0 Å². The van der Waals surface area contributed by atoms with Crippen molar-refractivity contribution >= 4 is 61.6 Å². The Labute approximate surface area is 242 Å². The molecule has 9 rings (SSSR count). The summed E-state index contributed by atoms with van der Waals surface area (Å²) in [4.78, 5) is 4.07. The number of benzene rings is 4. The average Bonchev–Trinajstić information content (AvgIpc) is 3.67. The first-order valence-corrected chi connectivity index (χ1v) is 15.2. The van der Waals surface area contributed by atoms with Crippen LogP contribution >= 0.6 is 11.3 Å². The van der Waals surface area contributed by atoms with Gasteiger partial charge in [0.25, 0.3) is 0 Å². The molecule has 198 valence electrons. The van der Waals surface area contributed by atoms with Crippen molar-refractivity contribution in [2.45, 2.75) is 30.7 Å². The second-order valence-corrected chi connectivity index (χ2v) is 12.6. The molecule has 3 heterocycles. The predicted octanol–water partition coefficient (Wildman–Crippen LogP) is 9.82. The summed E-state index contributed by atoms with van der Waals surface area (Å²) < 4.78 is 7.61. The van der Waals surface area contributed by atoms with E-state index in [-0.39, 0.29) is 17.9 Å². The largest absolute Gasteiger partial charge is 0.456 e. The summed E-state index contributed by atoms with van der Waals surface area (Å²) >= 11 is 1.96. The fourth-order valence-electron chi connectivity index (χ4n) is 7.58. The maximum Gasteiger partial charge on any atom is 0.135 e. The van der Waals surface area contributed by atoms with Crippen LogP contribution in [0.5, 0.6) is 0 Å². The first-order valence-electron chi connectivity index (χ1n) is 14.3. The number of nitrogen functional groups attached to an aromatic ring is 1. The Hall–Kier alpha value is -4.54. The van der Waals surface area contributed by atoms with Crippen molar-refractivity contribution < 1.29 is 4.42 Å². The van der Waals surface area contributed by atoms with Crippen molar-refractivity contribution in [3.63, 3.8) is 0 Å². The molecule has 0 fully saturated rings. The highest BCUT2D eigenvalue weighted by Crippen LogP contribution is 2.56. The van der Waals surface area contributed by atoms with Gasteiger partial charge in [0, 0.05) is 49.4 Å². The third-order valence-corrected chi connectivity index (χ3v) is 10.6. The molecule has 4 aromatic carbocycles. The van der Waals surface area contributed by atoms with Gasteiger partial charge in [0.2, 0.25) is 0 Å². The molecular formula is C37H28N2OS. The van der Waals surface area contributed by atoms with Crippen molar-refractivity contribution in [3.8, 4) is 0 Å². The third-order valence-electron chi connectivity index (χ3n) is 9.36. The Bertz CT molecular complexity index is 2080. The standard InChI is InChI=1S/C37H28N2OS/c1-21-23(16-19-33-35(21)28-20-22(38)14-18-32(28)40-33)24-8-2-5-11-29(24)39-30-12-6-3-10-27(30)36-31(39)17-15-26-25-9-4-7-13-34(25)41-37(26)36/h2-21,23,31,36H,38H2,1H3. The van der Waals surface area contributed by atoms with Crippen LogP contribution in [0.15, 0.2) is 108 Å². The molecule has 6 aromatic rings. The summed E-state index contributed by atoms with van der Waals surface area (Å²) in [6.07, 6.45) is 9.30. The van der Waals surface area contributed by atoms with E-state index in [9.17, 15) is 0 Å². The lowest BCUT2D eigenvalue weighted by molar-refractivity contribution is 0.573. The lowest BCUT2D eigenvalue weighted by Crippen LogP contribution is -2.31. The topological polar surface area (TPSA) is 42.4 Å². The normalized spacial score (nSPS) is 22.1. The molecule has 2 aromatic heterocycles. The Balaban J connectivity index is 1.20. The molecule has 0 radical (unpaired) electrons. The number of para-hydroxylation sites is 2. The van der Waals surface area contributed by atoms with Crippen LogP contribution in [-0.2, 0) is 0 Å². The summed E-state index contributed by atoms with van der Waals surface area (Å²) in [5.74, 6) is 1.71. The number of hydrogen-bond acceptors (Lipinski definition) is 4. The molecule has 3 nitrogen and oxygen atoms in total. The van der Waals surface area contributed by atoms with Gasteiger partial charge in [0.15, 0.2) is 0 Å². The lowest BCUT2D eigenvalue weighted by Gasteiger charge is -2.34. The number of nitrogens with two attached hydrogens (primary N) is 1. The van der Waals surface area contributed by atoms with Gasteiger partial charge >= 0.3 is 0 Å². The third kappa shape index (κ3) is 3.20. The Kier molecular flexibility index (Phi) is 4.80. The molecule has 0 spiro atoms. The minimum Gasteiger partial charge on any atom is -0.456 e.